The van der Waals surface area contributed by atoms with Crippen LogP contribution < -0.4 is 5.32 Å². The fourth-order valence-electron chi connectivity index (χ4n) is 3.22. The Morgan fingerprint density at radius 2 is 2.20 bits per heavy atom. The fourth-order valence-corrected chi connectivity index (χ4v) is 4.52. The third kappa shape index (κ3) is 2.73. The Morgan fingerprint density at radius 3 is 2.90 bits per heavy atom. The van der Waals surface area contributed by atoms with Gasteiger partial charge in [-0.05, 0) is 25.2 Å². The molecule has 5 heteroatoms. The molecule has 110 valence electrons. The Labute approximate surface area is 124 Å². The zero-order chi connectivity index (χ0) is 14.1. The summed E-state index contributed by atoms with van der Waals surface area (Å²) >= 11 is 1.75. The van der Waals surface area contributed by atoms with Gasteiger partial charge in [0.25, 0.3) is 0 Å². The first-order chi connectivity index (χ1) is 9.65. The normalized spacial score (nSPS) is 23.8. The molecule has 1 aliphatic heterocycles. The third-order valence-corrected chi connectivity index (χ3v) is 5.48. The van der Waals surface area contributed by atoms with Crippen LogP contribution in [0.1, 0.15) is 62.8 Å². The van der Waals surface area contributed by atoms with Crippen molar-refractivity contribution in [3.05, 3.63) is 11.8 Å². The number of fused-ring (bicyclic) bond motifs is 1. The van der Waals surface area contributed by atoms with Gasteiger partial charge in [0.2, 0.25) is 5.91 Å². The molecule has 1 aromatic rings. The van der Waals surface area contributed by atoms with E-state index < -0.39 is 0 Å². The second-order valence-electron chi connectivity index (χ2n) is 6.31. The van der Waals surface area contributed by atoms with Crippen molar-refractivity contribution in [2.24, 2.45) is 5.92 Å². The summed E-state index contributed by atoms with van der Waals surface area (Å²) in [5.41, 5.74) is 1.22. The second kappa shape index (κ2) is 5.80. The standard InChI is InChI=1S/C15H23N3OS/c1-10(2)7-13-12-8-16-18(11-5-3-4-6-11)15(12)17-14(19)9-20-13/h8,10-11,13H,3-7,9H2,1-2H3,(H,17,19)/t13-/m0/s1. The molecule has 0 aromatic carbocycles. The Bertz CT molecular complexity index is 491. The quantitative estimate of drug-likeness (QED) is 0.922. The highest BCUT2D eigenvalue weighted by atomic mass is 32.2. The molecule has 1 aromatic heterocycles. The van der Waals surface area contributed by atoms with E-state index in [0.29, 0.717) is 23.0 Å². The summed E-state index contributed by atoms with van der Waals surface area (Å²) in [6.07, 6.45) is 8.01. The van der Waals surface area contributed by atoms with Gasteiger partial charge in [-0.15, -0.1) is 11.8 Å². The van der Waals surface area contributed by atoms with Crippen LogP contribution in [-0.4, -0.2) is 21.4 Å². The van der Waals surface area contributed by atoms with Gasteiger partial charge < -0.3 is 5.32 Å². The lowest BCUT2D eigenvalue weighted by Gasteiger charge is -2.17. The first-order valence-electron chi connectivity index (χ1n) is 7.64. The van der Waals surface area contributed by atoms with E-state index in [4.69, 9.17) is 0 Å². The molecule has 1 saturated carbocycles. The zero-order valence-electron chi connectivity index (χ0n) is 12.3. The molecule has 0 unspecified atom stereocenters. The SMILES string of the molecule is CC(C)C[C@@H]1SCC(=O)Nc2c1cnn2C1CCCC1. The van der Waals surface area contributed by atoms with Crippen molar-refractivity contribution in [2.75, 3.05) is 11.1 Å². The van der Waals surface area contributed by atoms with Gasteiger partial charge in [0, 0.05) is 10.8 Å². The molecule has 3 rings (SSSR count). The van der Waals surface area contributed by atoms with Crippen LogP contribution in [0.3, 0.4) is 0 Å². The highest BCUT2D eigenvalue weighted by molar-refractivity contribution is 8.00. The van der Waals surface area contributed by atoms with E-state index in [-0.39, 0.29) is 5.91 Å². The van der Waals surface area contributed by atoms with Crippen molar-refractivity contribution >= 4 is 23.5 Å². The summed E-state index contributed by atoms with van der Waals surface area (Å²) in [7, 11) is 0. The van der Waals surface area contributed by atoms with Crippen LogP contribution in [0.2, 0.25) is 0 Å². The summed E-state index contributed by atoms with van der Waals surface area (Å²) < 4.78 is 2.08. The molecule has 4 nitrogen and oxygen atoms in total. The number of aromatic nitrogens is 2. The Morgan fingerprint density at radius 1 is 1.45 bits per heavy atom. The molecule has 2 aliphatic rings. The first-order valence-corrected chi connectivity index (χ1v) is 8.69. The average molecular weight is 293 g/mol. The molecule has 0 bridgehead atoms. The maximum absolute atomic E-state index is 12.0. The summed E-state index contributed by atoms with van der Waals surface area (Å²) in [6, 6.07) is 0.474. The zero-order valence-corrected chi connectivity index (χ0v) is 13.1. The molecule has 0 radical (unpaired) electrons. The molecule has 0 spiro atoms. The summed E-state index contributed by atoms with van der Waals surface area (Å²) in [6.45, 7) is 4.48. The number of nitrogens with one attached hydrogen (secondary N) is 1. The summed E-state index contributed by atoms with van der Waals surface area (Å²) in [5, 5.41) is 8.08. The van der Waals surface area contributed by atoms with Crippen molar-refractivity contribution in [2.45, 2.75) is 57.2 Å². The topological polar surface area (TPSA) is 46.9 Å². The molecule has 2 heterocycles. The smallest absolute Gasteiger partial charge is 0.235 e. The number of thioether (sulfide) groups is 1. The number of rotatable bonds is 3. The molecular weight excluding hydrogens is 270 g/mol. The Kier molecular flexibility index (Phi) is 4.06. The molecule has 1 aliphatic carbocycles. The Balaban J connectivity index is 1.93. The van der Waals surface area contributed by atoms with Crippen LogP contribution >= 0.6 is 11.8 Å². The lowest BCUT2D eigenvalue weighted by molar-refractivity contribution is -0.113. The average Bonchev–Trinajstić information content (AvgIpc) is 3.00. The molecule has 20 heavy (non-hydrogen) atoms. The minimum absolute atomic E-state index is 0.113. The molecule has 1 atom stereocenters. The number of nitrogens with zero attached hydrogens (tertiary/aromatic N) is 2. The number of hydrogen-bond donors (Lipinski definition) is 1. The summed E-state index contributed by atoms with van der Waals surface area (Å²) in [4.78, 5) is 12.0. The van der Waals surface area contributed by atoms with E-state index in [1.54, 1.807) is 11.8 Å². The predicted octanol–water partition coefficient (Wildman–Crippen LogP) is 3.77. The minimum atomic E-state index is 0.113. The van der Waals surface area contributed by atoms with Gasteiger partial charge in [0.15, 0.2) is 0 Å². The molecule has 1 amide bonds. The van der Waals surface area contributed by atoms with Crippen molar-refractivity contribution in [1.29, 1.82) is 0 Å². The van der Waals surface area contributed by atoms with Crippen molar-refractivity contribution in [3.8, 4) is 0 Å². The van der Waals surface area contributed by atoms with E-state index in [0.717, 1.165) is 12.2 Å². The van der Waals surface area contributed by atoms with Gasteiger partial charge in [0.05, 0.1) is 18.0 Å². The molecular formula is C15H23N3OS. The van der Waals surface area contributed by atoms with Crippen LogP contribution in [0.5, 0.6) is 0 Å². The van der Waals surface area contributed by atoms with Crippen LogP contribution in [-0.2, 0) is 4.79 Å². The number of carbonyl (C=O) groups is 1. The lowest BCUT2D eigenvalue weighted by atomic mass is 10.0. The van der Waals surface area contributed by atoms with E-state index in [2.05, 4.69) is 28.9 Å². The monoisotopic (exact) mass is 293 g/mol. The molecule has 1 N–H and O–H groups in total. The first kappa shape index (κ1) is 14.0. The molecule has 1 fully saturated rings. The predicted molar refractivity (Wildman–Crippen MR) is 83.0 cm³/mol. The van der Waals surface area contributed by atoms with Gasteiger partial charge in [0.1, 0.15) is 5.82 Å². The van der Waals surface area contributed by atoms with E-state index in [1.807, 2.05) is 6.20 Å². The number of carbonyl (C=O) groups excluding carboxylic acids is 1. The van der Waals surface area contributed by atoms with Gasteiger partial charge >= 0.3 is 0 Å². The van der Waals surface area contributed by atoms with Crippen molar-refractivity contribution < 1.29 is 4.79 Å². The van der Waals surface area contributed by atoms with Crippen LogP contribution in [0.15, 0.2) is 6.20 Å². The highest BCUT2D eigenvalue weighted by Gasteiger charge is 2.29. The maximum Gasteiger partial charge on any atom is 0.235 e. The van der Waals surface area contributed by atoms with Gasteiger partial charge in [-0.25, -0.2) is 4.68 Å². The number of amides is 1. The second-order valence-corrected chi connectivity index (χ2v) is 7.50. The summed E-state index contributed by atoms with van der Waals surface area (Å²) in [5.74, 6) is 2.26. The van der Waals surface area contributed by atoms with Crippen molar-refractivity contribution in [3.63, 3.8) is 0 Å². The highest BCUT2D eigenvalue weighted by Crippen LogP contribution is 2.42. The Hall–Kier alpha value is -0.970. The minimum Gasteiger partial charge on any atom is -0.310 e. The van der Waals surface area contributed by atoms with Gasteiger partial charge in [-0.3, -0.25) is 4.79 Å². The third-order valence-electron chi connectivity index (χ3n) is 4.20. The van der Waals surface area contributed by atoms with E-state index in [1.165, 1.54) is 31.2 Å². The van der Waals surface area contributed by atoms with E-state index in [9.17, 15) is 4.79 Å². The van der Waals surface area contributed by atoms with Gasteiger partial charge in [-0.2, -0.15) is 5.10 Å². The van der Waals surface area contributed by atoms with Crippen LogP contribution in [0, 0.1) is 5.92 Å². The lowest BCUT2D eigenvalue weighted by Crippen LogP contribution is -2.18. The van der Waals surface area contributed by atoms with Crippen LogP contribution in [0.4, 0.5) is 5.82 Å². The van der Waals surface area contributed by atoms with E-state index >= 15 is 0 Å². The fraction of sp³-hybridized carbons (Fsp3) is 0.733. The maximum atomic E-state index is 12.0. The van der Waals surface area contributed by atoms with Gasteiger partial charge in [-0.1, -0.05) is 26.7 Å². The largest absolute Gasteiger partial charge is 0.310 e. The molecule has 0 saturated heterocycles. The van der Waals surface area contributed by atoms with Crippen molar-refractivity contribution in [1.82, 2.24) is 9.78 Å². The van der Waals surface area contributed by atoms with Crippen LogP contribution in [0.25, 0.3) is 0 Å². The number of hydrogen-bond acceptors (Lipinski definition) is 3. The number of anilines is 1.